The molecule has 0 atom stereocenters. The topological polar surface area (TPSA) is 96.8 Å². The van der Waals surface area contributed by atoms with Crippen LogP contribution in [0.15, 0.2) is 41.1 Å². The minimum absolute atomic E-state index is 0.0757. The number of benzene rings is 1. The van der Waals surface area contributed by atoms with Crippen molar-refractivity contribution in [2.75, 3.05) is 23.7 Å². The smallest absolute Gasteiger partial charge is 0.247 e. The maximum Gasteiger partial charge on any atom is 0.247 e. The molecule has 2 aromatic heterocycles. The van der Waals surface area contributed by atoms with E-state index in [4.69, 9.17) is 5.73 Å². The van der Waals surface area contributed by atoms with Gasteiger partial charge >= 0.3 is 0 Å². The van der Waals surface area contributed by atoms with Crippen LogP contribution in [0, 0.1) is 0 Å². The van der Waals surface area contributed by atoms with Crippen LogP contribution in [0.3, 0.4) is 0 Å². The molecule has 3 heterocycles. The summed E-state index contributed by atoms with van der Waals surface area (Å²) >= 11 is 3.53. The molecule has 9 heteroatoms. The van der Waals surface area contributed by atoms with Crippen LogP contribution < -0.4 is 10.6 Å². The molecule has 8 nitrogen and oxygen atoms in total. The molecular formula is C20H21BrN6O2. The summed E-state index contributed by atoms with van der Waals surface area (Å²) in [5.41, 5.74) is 8.65. The molecule has 150 valence electrons. The van der Waals surface area contributed by atoms with E-state index in [1.807, 2.05) is 44.2 Å². The highest BCUT2D eigenvalue weighted by atomic mass is 79.9. The van der Waals surface area contributed by atoms with E-state index in [0.29, 0.717) is 17.9 Å². The Balaban J connectivity index is 1.78. The Kier molecular flexibility index (Phi) is 4.57. The average Bonchev–Trinajstić information content (AvgIpc) is 2.98. The molecule has 0 bridgehead atoms. The van der Waals surface area contributed by atoms with Gasteiger partial charge in [-0.25, -0.2) is 9.50 Å². The lowest BCUT2D eigenvalue weighted by molar-refractivity contribution is -0.137. The van der Waals surface area contributed by atoms with Gasteiger partial charge in [0.2, 0.25) is 11.8 Å². The van der Waals surface area contributed by atoms with Crippen LogP contribution in [0.1, 0.15) is 20.8 Å². The van der Waals surface area contributed by atoms with Crippen molar-refractivity contribution in [2.24, 2.45) is 0 Å². The number of hydrogen-bond donors (Lipinski definition) is 1. The zero-order valence-electron chi connectivity index (χ0n) is 16.4. The summed E-state index contributed by atoms with van der Waals surface area (Å²) in [6.07, 6.45) is 1.41. The predicted molar refractivity (Wildman–Crippen MR) is 114 cm³/mol. The van der Waals surface area contributed by atoms with Crippen molar-refractivity contribution < 1.29 is 9.59 Å². The second kappa shape index (κ2) is 6.84. The minimum Gasteiger partial charge on any atom is -0.382 e. The number of amides is 2. The summed E-state index contributed by atoms with van der Waals surface area (Å²) in [6, 6.07) is 9.65. The van der Waals surface area contributed by atoms with Gasteiger partial charge in [0.15, 0.2) is 5.82 Å². The Morgan fingerprint density at radius 2 is 2.03 bits per heavy atom. The van der Waals surface area contributed by atoms with Gasteiger partial charge in [-0.2, -0.15) is 5.10 Å². The number of nitrogens with two attached hydrogens (primary N) is 1. The second-order valence-electron chi connectivity index (χ2n) is 7.75. The molecule has 4 rings (SSSR count). The molecule has 0 saturated carbocycles. The van der Waals surface area contributed by atoms with E-state index in [0.717, 1.165) is 21.4 Å². The molecule has 1 aliphatic heterocycles. The van der Waals surface area contributed by atoms with E-state index in [1.165, 1.54) is 13.3 Å². The normalized spacial score (nSPS) is 16.5. The molecule has 3 aromatic rings. The van der Waals surface area contributed by atoms with Crippen LogP contribution in [0.2, 0.25) is 0 Å². The van der Waals surface area contributed by atoms with Crippen LogP contribution in [0.5, 0.6) is 0 Å². The SMILES string of the molecule is CC(=O)N1CC(=O)N(c2cccc(-c3cc(Br)c4c(N)ncnn34)c2)C(C)(C)C1. The molecule has 0 unspecified atom stereocenters. The first kappa shape index (κ1) is 19.4. The quantitative estimate of drug-likeness (QED) is 0.639. The fraction of sp³-hybridized carbons (Fsp3) is 0.300. The van der Waals surface area contributed by atoms with Crippen molar-refractivity contribution in [1.29, 1.82) is 0 Å². The van der Waals surface area contributed by atoms with Gasteiger partial charge in [0.05, 0.1) is 11.2 Å². The van der Waals surface area contributed by atoms with Gasteiger partial charge in [0.25, 0.3) is 0 Å². The second-order valence-corrected chi connectivity index (χ2v) is 8.60. The molecule has 0 aliphatic carbocycles. The molecule has 0 radical (unpaired) electrons. The van der Waals surface area contributed by atoms with Crippen molar-refractivity contribution in [2.45, 2.75) is 26.3 Å². The number of rotatable bonds is 2. The summed E-state index contributed by atoms with van der Waals surface area (Å²) < 4.78 is 2.52. The number of aromatic nitrogens is 3. The van der Waals surface area contributed by atoms with Crippen LogP contribution >= 0.6 is 15.9 Å². The fourth-order valence-corrected chi connectivity index (χ4v) is 4.50. The standard InChI is InChI=1S/C20H21BrN6O2/c1-12(28)25-9-17(29)26(20(2,3)10-25)14-6-4-5-13(7-14)16-8-15(21)18-19(22)23-11-24-27(16)18/h4-8,11H,9-10H2,1-3H3,(H2,22,23,24). The van der Waals surface area contributed by atoms with Crippen LogP contribution in [0.4, 0.5) is 11.5 Å². The summed E-state index contributed by atoms with van der Waals surface area (Å²) in [5.74, 6) is 0.175. The van der Waals surface area contributed by atoms with E-state index in [-0.39, 0.29) is 18.4 Å². The largest absolute Gasteiger partial charge is 0.382 e. The number of carbonyl (C=O) groups is 2. The maximum absolute atomic E-state index is 12.9. The molecule has 2 amide bonds. The summed E-state index contributed by atoms with van der Waals surface area (Å²) in [7, 11) is 0. The van der Waals surface area contributed by atoms with Crippen molar-refractivity contribution in [3.8, 4) is 11.3 Å². The number of nitrogen functional groups attached to an aromatic ring is 1. The molecule has 2 N–H and O–H groups in total. The molecule has 1 aliphatic rings. The lowest BCUT2D eigenvalue weighted by Gasteiger charge is -2.46. The Bertz CT molecular complexity index is 1140. The first-order valence-corrected chi connectivity index (χ1v) is 9.95. The number of halogens is 1. The Morgan fingerprint density at radius 3 is 2.72 bits per heavy atom. The summed E-state index contributed by atoms with van der Waals surface area (Å²) in [6.45, 7) is 5.96. The number of carbonyl (C=O) groups excluding carboxylic acids is 2. The zero-order chi connectivity index (χ0) is 20.9. The van der Waals surface area contributed by atoms with Crippen molar-refractivity contribution in [3.05, 3.63) is 41.1 Å². The van der Waals surface area contributed by atoms with Crippen LogP contribution in [0.25, 0.3) is 16.8 Å². The highest BCUT2D eigenvalue weighted by Crippen LogP contribution is 2.35. The zero-order valence-corrected chi connectivity index (χ0v) is 18.0. The van der Waals surface area contributed by atoms with E-state index in [1.54, 1.807) is 14.3 Å². The Morgan fingerprint density at radius 1 is 1.28 bits per heavy atom. The Labute approximate surface area is 176 Å². The van der Waals surface area contributed by atoms with Crippen LogP contribution in [-0.2, 0) is 9.59 Å². The van der Waals surface area contributed by atoms with Crippen LogP contribution in [-0.4, -0.2) is 49.9 Å². The number of hydrogen-bond acceptors (Lipinski definition) is 5. The number of nitrogens with zero attached hydrogens (tertiary/aromatic N) is 5. The molecule has 1 saturated heterocycles. The number of piperazine rings is 1. The molecule has 1 aromatic carbocycles. The molecule has 29 heavy (non-hydrogen) atoms. The third-order valence-corrected chi connectivity index (χ3v) is 5.74. The van der Waals surface area contributed by atoms with Gasteiger partial charge < -0.3 is 15.5 Å². The van der Waals surface area contributed by atoms with Gasteiger partial charge in [0.1, 0.15) is 18.4 Å². The van der Waals surface area contributed by atoms with Gasteiger partial charge in [-0.1, -0.05) is 12.1 Å². The lowest BCUT2D eigenvalue weighted by atomic mass is 9.96. The number of fused-ring (bicyclic) bond motifs is 1. The van der Waals surface area contributed by atoms with E-state index in [2.05, 4.69) is 26.0 Å². The predicted octanol–water partition coefficient (Wildman–Crippen LogP) is 2.71. The fourth-order valence-electron chi connectivity index (χ4n) is 3.91. The highest BCUT2D eigenvalue weighted by molar-refractivity contribution is 9.10. The lowest BCUT2D eigenvalue weighted by Crippen LogP contribution is -2.63. The minimum atomic E-state index is -0.534. The molecule has 1 fully saturated rings. The van der Waals surface area contributed by atoms with Crippen molar-refractivity contribution >= 4 is 44.8 Å². The third kappa shape index (κ3) is 3.25. The molecule has 0 spiro atoms. The highest BCUT2D eigenvalue weighted by Gasteiger charge is 2.40. The van der Waals surface area contributed by atoms with E-state index >= 15 is 0 Å². The van der Waals surface area contributed by atoms with Gasteiger partial charge in [-0.3, -0.25) is 9.59 Å². The molecular weight excluding hydrogens is 436 g/mol. The Hall–Kier alpha value is -2.94. The summed E-state index contributed by atoms with van der Waals surface area (Å²) in [4.78, 5) is 32.1. The number of anilines is 2. The average molecular weight is 457 g/mol. The van der Waals surface area contributed by atoms with Gasteiger partial charge in [0, 0.05) is 29.2 Å². The first-order chi connectivity index (χ1) is 13.7. The third-order valence-electron chi connectivity index (χ3n) is 5.14. The summed E-state index contributed by atoms with van der Waals surface area (Å²) in [5, 5.41) is 4.33. The van der Waals surface area contributed by atoms with E-state index < -0.39 is 5.54 Å². The van der Waals surface area contributed by atoms with Crippen molar-refractivity contribution in [3.63, 3.8) is 0 Å². The monoisotopic (exact) mass is 456 g/mol. The first-order valence-electron chi connectivity index (χ1n) is 9.16. The van der Waals surface area contributed by atoms with E-state index in [9.17, 15) is 9.59 Å². The van der Waals surface area contributed by atoms with Gasteiger partial charge in [-0.15, -0.1) is 0 Å². The van der Waals surface area contributed by atoms with Crippen molar-refractivity contribution in [1.82, 2.24) is 19.5 Å². The van der Waals surface area contributed by atoms with Gasteiger partial charge in [-0.05, 0) is 48.0 Å². The maximum atomic E-state index is 12.9.